The van der Waals surface area contributed by atoms with Crippen molar-refractivity contribution in [3.8, 4) is 17.1 Å². The van der Waals surface area contributed by atoms with E-state index < -0.39 is 11.2 Å². The molecular formula is C17H16N6O4. The standard InChI is InChI=1S/C17H16N6O4/c1-21-15-13(16(24)22(2)17(21)25)23(9-18-15)8-12-19-14(20-27-12)10-4-6-11(26-3)7-5-10/h4-7,9H,8H2,1-3H3. The van der Waals surface area contributed by atoms with Gasteiger partial charge in [0.2, 0.25) is 11.7 Å². The lowest BCUT2D eigenvalue weighted by molar-refractivity contribution is 0.372. The smallest absolute Gasteiger partial charge is 0.332 e. The minimum absolute atomic E-state index is 0.160. The molecule has 0 aliphatic heterocycles. The zero-order valence-electron chi connectivity index (χ0n) is 14.9. The molecule has 0 bridgehead atoms. The first-order chi connectivity index (χ1) is 13.0. The van der Waals surface area contributed by atoms with Crippen LogP contribution in [0.15, 0.2) is 44.7 Å². The average molecular weight is 368 g/mol. The van der Waals surface area contributed by atoms with E-state index in [1.165, 1.54) is 17.9 Å². The molecule has 10 nitrogen and oxygen atoms in total. The maximum atomic E-state index is 12.5. The highest BCUT2D eigenvalue weighted by Crippen LogP contribution is 2.20. The van der Waals surface area contributed by atoms with Crippen molar-refractivity contribution in [3.05, 3.63) is 57.3 Å². The van der Waals surface area contributed by atoms with Crippen LogP contribution < -0.4 is 16.0 Å². The van der Waals surface area contributed by atoms with Crippen molar-refractivity contribution >= 4 is 11.2 Å². The molecule has 4 aromatic rings. The van der Waals surface area contributed by atoms with Gasteiger partial charge in [0.25, 0.3) is 5.56 Å². The van der Waals surface area contributed by atoms with Crippen LogP contribution in [0.25, 0.3) is 22.6 Å². The summed E-state index contributed by atoms with van der Waals surface area (Å²) in [7, 11) is 4.59. The molecule has 3 aromatic heterocycles. The first-order valence-corrected chi connectivity index (χ1v) is 8.07. The number of hydrogen-bond donors (Lipinski definition) is 0. The summed E-state index contributed by atoms with van der Waals surface area (Å²) in [5.41, 5.74) is 0.513. The molecule has 0 amide bonds. The summed E-state index contributed by atoms with van der Waals surface area (Å²) in [6.07, 6.45) is 1.47. The van der Waals surface area contributed by atoms with Gasteiger partial charge in [-0.3, -0.25) is 13.9 Å². The highest BCUT2D eigenvalue weighted by molar-refractivity contribution is 5.70. The number of fused-ring (bicyclic) bond motifs is 1. The number of aryl methyl sites for hydroxylation is 1. The lowest BCUT2D eigenvalue weighted by atomic mass is 10.2. The monoisotopic (exact) mass is 368 g/mol. The fourth-order valence-corrected chi connectivity index (χ4v) is 2.84. The Balaban J connectivity index is 1.70. The quantitative estimate of drug-likeness (QED) is 0.517. The molecule has 1 aromatic carbocycles. The van der Waals surface area contributed by atoms with Gasteiger partial charge in [0, 0.05) is 19.7 Å². The van der Waals surface area contributed by atoms with Crippen LogP contribution in [0, 0.1) is 0 Å². The van der Waals surface area contributed by atoms with Crippen molar-refractivity contribution in [1.29, 1.82) is 0 Å². The zero-order valence-corrected chi connectivity index (χ0v) is 14.9. The van der Waals surface area contributed by atoms with Crippen LogP contribution in [0.2, 0.25) is 0 Å². The first kappa shape index (κ1) is 16.8. The van der Waals surface area contributed by atoms with E-state index in [2.05, 4.69) is 15.1 Å². The van der Waals surface area contributed by atoms with Crippen molar-refractivity contribution in [2.24, 2.45) is 14.1 Å². The number of aromatic nitrogens is 6. The summed E-state index contributed by atoms with van der Waals surface area (Å²) in [5.74, 6) is 1.47. The molecule has 4 rings (SSSR count). The predicted octanol–water partition coefficient (Wildman–Crippen LogP) is 0.541. The summed E-state index contributed by atoms with van der Waals surface area (Å²) in [4.78, 5) is 33.0. The Morgan fingerprint density at radius 1 is 1.11 bits per heavy atom. The number of ether oxygens (including phenoxy) is 1. The van der Waals surface area contributed by atoms with Gasteiger partial charge >= 0.3 is 5.69 Å². The van der Waals surface area contributed by atoms with Crippen molar-refractivity contribution in [3.63, 3.8) is 0 Å². The zero-order chi connectivity index (χ0) is 19.1. The van der Waals surface area contributed by atoms with Crippen molar-refractivity contribution in [1.82, 2.24) is 28.8 Å². The molecule has 0 radical (unpaired) electrons. The maximum absolute atomic E-state index is 12.5. The lowest BCUT2D eigenvalue weighted by Gasteiger charge is -2.04. The van der Waals surface area contributed by atoms with Crippen molar-refractivity contribution in [2.45, 2.75) is 6.54 Å². The van der Waals surface area contributed by atoms with Gasteiger partial charge in [-0.1, -0.05) is 5.16 Å². The van der Waals surface area contributed by atoms with Crippen LogP contribution in [0.5, 0.6) is 5.75 Å². The maximum Gasteiger partial charge on any atom is 0.332 e. The van der Waals surface area contributed by atoms with E-state index in [1.54, 1.807) is 30.9 Å². The van der Waals surface area contributed by atoms with Gasteiger partial charge in [-0.2, -0.15) is 4.98 Å². The second-order valence-electron chi connectivity index (χ2n) is 5.99. The first-order valence-electron chi connectivity index (χ1n) is 8.07. The van der Waals surface area contributed by atoms with Crippen LogP contribution in [0.1, 0.15) is 5.89 Å². The van der Waals surface area contributed by atoms with E-state index >= 15 is 0 Å². The summed E-state index contributed by atoms with van der Waals surface area (Å²) in [6, 6.07) is 7.26. The highest BCUT2D eigenvalue weighted by Gasteiger charge is 2.16. The Morgan fingerprint density at radius 2 is 1.85 bits per heavy atom. The normalized spacial score (nSPS) is 11.2. The Labute approximate surface area is 152 Å². The van der Waals surface area contributed by atoms with Crippen molar-refractivity contribution < 1.29 is 9.26 Å². The van der Waals surface area contributed by atoms with Crippen LogP contribution in [-0.4, -0.2) is 35.9 Å². The Morgan fingerprint density at radius 3 is 2.56 bits per heavy atom. The van der Waals surface area contributed by atoms with E-state index in [-0.39, 0.29) is 6.54 Å². The Bertz CT molecular complexity index is 1250. The van der Waals surface area contributed by atoms with Gasteiger partial charge in [-0.05, 0) is 24.3 Å². The molecule has 10 heteroatoms. The molecule has 138 valence electrons. The fraction of sp³-hybridized carbons (Fsp3) is 0.235. The third kappa shape index (κ3) is 2.71. The molecular weight excluding hydrogens is 352 g/mol. The average Bonchev–Trinajstić information content (AvgIpc) is 3.32. The second-order valence-corrected chi connectivity index (χ2v) is 5.99. The van der Waals surface area contributed by atoms with Crippen LogP contribution in [-0.2, 0) is 20.6 Å². The molecule has 0 saturated heterocycles. The number of methoxy groups -OCH3 is 1. The number of benzene rings is 1. The van der Waals surface area contributed by atoms with Gasteiger partial charge in [0.15, 0.2) is 11.2 Å². The molecule has 0 fully saturated rings. The largest absolute Gasteiger partial charge is 0.497 e. The third-order valence-electron chi connectivity index (χ3n) is 4.34. The minimum Gasteiger partial charge on any atom is -0.497 e. The fourth-order valence-electron chi connectivity index (χ4n) is 2.84. The SMILES string of the molecule is COc1ccc(-c2noc(Cn3cnc4c3c(=O)n(C)c(=O)n4C)n2)cc1. The van der Waals surface area contributed by atoms with Crippen LogP contribution in [0.3, 0.4) is 0 Å². The van der Waals surface area contributed by atoms with Crippen LogP contribution in [0.4, 0.5) is 0 Å². The summed E-state index contributed by atoms with van der Waals surface area (Å²) in [5, 5.41) is 3.97. The van der Waals surface area contributed by atoms with Gasteiger partial charge in [0.1, 0.15) is 12.3 Å². The van der Waals surface area contributed by atoms with Gasteiger partial charge < -0.3 is 13.8 Å². The molecule has 0 aliphatic carbocycles. The summed E-state index contributed by atoms with van der Waals surface area (Å²) < 4.78 is 14.4. The summed E-state index contributed by atoms with van der Waals surface area (Å²) in [6.45, 7) is 0.160. The second kappa shape index (κ2) is 6.24. The number of nitrogens with zero attached hydrogens (tertiary/aromatic N) is 6. The number of imidazole rings is 1. The van der Waals surface area contributed by atoms with Crippen molar-refractivity contribution in [2.75, 3.05) is 7.11 Å². The van der Waals surface area contributed by atoms with E-state index in [0.29, 0.717) is 22.9 Å². The predicted molar refractivity (Wildman–Crippen MR) is 95.6 cm³/mol. The Kier molecular flexibility index (Phi) is 3.87. The third-order valence-corrected chi connectivity index (χ3v) is 4.34. The van der Waals surface area contributed by atoms with E-state index in [4.69, 9.17) is 9.26 Å². The minimum atomic E-state index is -0.433. The number of hydrogen-bond acceptors (Lipinski definition) is 7. The van der Waals surface area contributed by atoms with E-state index in [9.17, 15) is 9.59 Å². The van der Waals surface area contributed by atoms with E-state index in [0.717, 1.165) is 15.9 Å². The number of rotatable bonds is 4. The topological polar surface area (TPSA) is 110 Å². The molecule has 0 spiro atoms. The summed E-state index contributed by atoms with van der Waals surface area (Å²) >= 11 is 0. The lowest BCUT2D eigenvalue weighted by Crippen LogP contribution is -2.37. The van der Waals surface area contributed by atoms with Gasteiger partial charge in [0.05, 0.1) is 13.4 Å². The molecule has 0 N–H and O–H groups in total. The molecule has 3 heterocycles. The van der Waals surface area contributed by atoms with Gasteiger partial charge in [-0.15, -0.1) is 0 Å². The molecule has 0 unspecified atom stereocenters. The Hall–Kier alpha value is -3.69. The highest BCUT2D eigenvalue weighted by atomic mass is 16.5. The van der Waals surface area contributed by atoms with Gasteiger partial charge in [-0.25, -0.2) is 9.78 Å². The molecule has 27 heavy (non-hydrogen) atoms. The van der Waals surface area contributed by atoms with Crippen LogP contribution >= 0.6 is 0 Å². The van der Waals surface area contributed by atoms with E-state index in [1.807, 2.05) is 12.1 Å². The molecule has 0 aliphatic rings. The molecule has 0 saturated carbocycles. The molecule has 0 atom stereocenters.